The Morgan fingerprint density at radius 2 is 1.91 bits per heavy atom. The number of carbonyl (C=O) groups is 3. The number of fused-ring (bicyclic) bond motifs is 4. The second-order valence-corrected chi connectivity index (χ2v) is 9.49. The average Bonchev–Trinajstić information content (AvgIpc) is 2.76. The first-order valence-corrected chi connectivity index (χ1v) is 11.0. The summed E-state index contributed by atoms with van der Waals surface area (Å²) in [5.41, 5.74) is -2.54. The van der Waals surface area contributed by atoms with Gasteiger partial charge in [-0.1, -0.05) is 6.07 Å². The zero-order valence-corrected chi connectivity index (χ0v) is 18.9. The maximum absolute atomic E-state index is 13.6. The van der Waals surface area contributed by atoms with Crippen molar-refractivity contribution in [1.82, 2.24) is 9.88 Å². The number of allylic oxidation sites excluding steroid dienone is 1. The third-order valence-electron chi connectivity index (χ3n) is 7.39. The van der Waals surface area contributed by atoms with Gasteiger partial charge < -0.3 is 20.4 Å². The van der Waals surface area contributed by atoms with Crippen LogP contribution in [0.15, 0.2) is 47.1 Å². The number of hydrogen-bond donors (Lipinski definition) is 4. The second-order valence-electron chi connectivity index (χ2n) is 9.49. The molecule has 3 aliphatic carbocycles. The van der Waals surface area contributed by atoms with Crippen LogP contribution in [0.2, 0.25) is 0 Å². The largest absolute Gasteiger partial charge is 0.510 e. The van der Waals surface area contributed by atoms with Gasteiger partial charge >= 0.3 is 0 Å². The van der Waals surface area contributed by atoms with Crippen molar-refractivity contribution in [2.75, 3.05) is 14.1 Å². The first-order valence-electron chi connectivity index (χ1n) is 11.0. The summed E-state index contributed by atoms with van der Waals surface area (Å²) < 4.78 is 0. The number of phenolic OH excluding ortho intramolecular Hbond substituents is 1. The van der Waals surface area contributed by atoms with Crippen LogP contribution in [0.3, 0.4) is 0 Å². The van der Waals surface area contributed by atoms with Crippen LogP contribution in [0.4, 0.5) is 0 Å². The summed E-state index contributed by atoms with van der Waals surface area (Å²) in [6.45, 7) is 1.09. The van der Waals surface area contributed by atoms with E-state index in [1.54, 1.807) is 37.2 Å². The van der Waals surface area contributed by atoms with Gasteiger partial charge in [-0.05, 0) is 57.5 Å². The molecular formula is C25H24N2O7. The molecule has 0 aliphatic heterocycles. The number of benzene rings is 1. The summed E-state index contributed by atoms with van der Waals surface area (Å²) in [5, 5.41) is 45.2. The normalized spacial score (nSPS) is 28.8. The van der Waals surface area contributed by atoms with Crippen molar-refractivity contribution < 1.29 is 34.8 Å². The lowest BCUT2D eigenvalue weighted by atomic mass is 9.58. The fourth-order valence-corrected chi connectivity index (χ4v) is 5.95. The Labute approximate surface area is 194 Å². The Kier molecular flexibility index (Phi) is 4.72. The minimum Gasteiger partial charge on any atom is -0.510 e. The van der Waals surface area contributed by atoms with Crippen molar-refractivity contribution >= 4 is 28.3 Å². The van der Waals surface area contributed by atoms with E-state index < -0.39 is 57.9 Å². The van der Waals surface area contributed by atoms with Crippen LogP contribution in [-0.4, -0.2) is 73.4 Å². The first kappa shape index (κ1) is 22.2. The highest BCUT2D eigenvalue weighted by Gasteiger charge is 2.63. The molecule has 34 heavy (non-hydrogen) atoms. The predicted molar refractivity (Wildman–Crippen MR) is 120 cm³/mol. The molecule has 0 radical (unpaired) electrons. The van der Waals surface area contributed by atoms with E-state index in [-0.39, 0.29) is 35.2 Å². The quantitative estimate of drug-likeness (QED) is 0.488. The van der Waals surface area contributed by atoms with E-state index in [9.17, 15) is 34.8 Å². The summed E-state index contributed by atoms with van der Waals surface area (Å²) in [6.07, 6.45) is 1.85. The number of Topliss-reactive ketones (excluding diaryl/α,β-unsaturated/α-hetero) is 3. The Morgan fingerprint density at radius 3 is 2.56 bits per heavy atom. The minimum absolute atomic E-state index is 0.0244. The molecule has 4 atom stereocenters. The van der Waals surface area contributed by atoms with E-state index in [0.717, 1.165) is 6.92 Å². The first-order chi connectivity index (χ1) is 16.0. The van der Waals surface area contributed by atoms with Crippen LogP contribution in [0.5, 0.6) is 5.75 Å². The lowest BCUT2D eigenvalue weighted by Crippen LogP contribution is -2.63. The number of rotatable bonds is 2. The van der Waals surface area contributed by atoms with Crippen molar-refractivity contribution in [3.05, 3.63) is 58.2 Å². The molecule has 0 saturated carbocycles. The second kappa shape index (κ2) is 7.22. The molecule has 4 N–H and O–H groups in total. The Hall–Kier alpha value is -3.56. The van der Waals surface area contributed by atoms with Gasteiger partial charge in [-0.25, -0.2) is 0 Å². The predicted octanol–water partition coefficient (Wildman–Crippen LogP) is 1.77. The van der Waals surface area contributed by atoms with E-state index >= 15 is 0 Å². The number of pyridine rings is 1. The highest BCUT2D eigenvalue weighted by molar-refractivity contribution is 6.25. The smallest absolute Gasteiger partial charge is 0.209 e. The lowest BCUT2D eigenvalue weighted by Gasteiger charge is -2.50. The van der Waals surface area contributed by atoms with Crippen molar-refractivity contribution in [3.63, 3.8) is 0 Å². The number of aromatic nitrogens is 1. The van der Waals surface area contributed by atoms with Crippen LogP contribution in [0.1, 0.15) is 29.3 Å². The number of aromatic hydroxyl groups is 1. The minimum atomic E-state index is -2.56. The third kappa shape index (κ3) is 2.68. The summed E-state index contributed by atoms with van der Waals surface area (Å²) in [6, 6.07) is 4.32. The molecule has 0 fully saturated rings. The number of aliphatic hydroxyl groups is 3. The standard InChI is InChI=1S/C25H24N2O7/c1-10(28)15-22(31)19(27(2)3)14-9-13-8-12-7-11-5-4-6-26-18(11)21(30)16(12)20(29)17(13)24(33)25(14,34)23(15)32/h4-7,13-14,19,30-31,33-34H,8-9H2,1-3H3/t13-,14-,19-,25+/m0/s1. The van der Waals surface area contributed by atoms with Crippen LogP contribution in [0.25, 0.3) is 10.9 Å². The van der Waals surface area contributed by atoms with Gasteiger partial charge in [-0.15, -0.1) is 0 Å². The number of likely N-dealkylation sites (N-methyl/N-ethyl adjacent to an activating group) is 1. The van der Waals surface area contributed by atoms with E-state index in [4.69, 9.17) is 0 Å². The van der Waals surface area contributed by atoms with Crippen molar-refractivity contribution in [2.24, 2.45) is 11.8 Å². The molecule has 5 rings (SSSR count). The maximum Gasteiger partial charge on any atom is 0.209 e. The molecule has 2 aromatic rings. The molecule has 176 valence electrons. The zero-order chi connectivity index (χ0) is 24.7. The summed E-state index contributed by atoms with van der Waals surface area (Å²) in [5.74, 6) is -5.76. The highest BCUT2D eigenvalue weighted by atomic mass is 16.3. The Bertz CT molecular complexity index is 1370. The van der Waals surface area contributed by atoms with Gasteiger partial charge in [0.1, 0.15) is 22.6 Å². The van der Waals surface area contributed by atoms with Crippen molar-refractivity contribution in [1.29, 1.82) is 0 Å². The average molecular weight is 464 g/mol. The number of nitrogens with zero attached hydrogens (tertiary/aromatic N) is 2. The molecule has 0 unspecified atom stereocenters. The van der Waals surface area contributed by atoms with Gasteiger partial charge in [0.25, 0.3) is 0 Å². The van der Waals surface area contributed by atoms with Crippen LogP contribution >= 0.6 is 0 Å². The highest BCUT2D eigenvalue weighted by Crippen LogP contribution is 2.52. The van der Waals surface area contributed by atoms with E-state index in [1.807, 2.05) is 0 Å². The Morgan fingerprint density at radius 1 is 1.21 bits per heavy atom. The van der Waals surface area contributed by atoms with Crippen molar-refractivity contribution in [3.8, 4) is 5.75 Å². The van der Waals surface area contributed by atoms with Crippen LogP contribution in [-0.2, 0) is 16.0 Å². The van der Waals surface area contributed by atoms with Crippen molar-refractivity contribution in [2.45, 2.75) is 31.4 Å². The molecule has 1 heterocycles. The molecule has 0 bridgehead atoms. The molecule has 3 aliphatic rings. The van der Waals surface area contributed by atoms with Crippen LogP contribution < -0.4 is 0 Å². The molecule has 1 aromatic heterocycles. The zero-order valence-electron chi connectivity index (χ0n) is 18.9. The summed E-state index contributed by atoms with van der Waals surface area (Å²) >= 11 is 0. The molecule has 1 aromatic carbocycles. The monoisotopic (exact) mass is 464 g/mol. The van der Waals surface area contributed by atoms with E-state index in [1.165, 1.54) is 6.20 Å². The van der Waals surface area contributed by atoms with E-state index in [2.05, 4.69) is 4.98 Å². The molecule has 9 heteroatoms. The topological polar surface area (TPSA) is 148 Å². The fourth-order valence-electron chi connectivity index (χ4n) is 5.95. The Balaban J connectivity index is 1.75. The molecule has 9 nitrogen and oxygen atoms in total. The summed E-state index contributed by atoms with van der Waals surface area (Å²) in [4.78, 5) is 44.8. The van der Waals surface area contributed by atoms with Gasteiger partial charge in [0.2, 0.25) is 5.78 Å². The number of hydrogen-bond acceptors (Lipinski definition) is 9. The molecule has 0 amide bonds. The SMILES string of the molecule is CC(=O)C1=C(O)[C@@H](N(C)C)[C@@H]2C[C@@H]3Cc4cc5cccnc5c(O)c4C(=O)C3=C(O)[C@]2(O)C1=O. The van der Waals surface area contributed by atoms with Gasteiger partial charge in [0.15, 0.2) is 22.9 Å². The lowest BCUT2D eigenvalue weighted by molar-refractivity contribution is -0.148. The maximum atomic E-state index is 13.6. The van der Waals surface area contributed by atoms with Gasteiger partial charge in [-0.3, -0.25) is 24.3 Å². The van der Waals surface area contributed by atoms with Crippen LogP contribution in [0, 0.1) is 11.8 Å². The number of phenols is 1. The van der Waals surface area contributed by atoms with Gasteiger partial charge in [-0.2, -0.15) is 0 Å². The summed E-state index contributed by atoms with van der Waals surface area (Å²) in [7, 11) is 3.26. The van der Waals surface area contributed by atoms with E-state index in [0.29, 0.717) is 10.9 Å². The van der Waals surface area contributed by atoms with Gasteiger partial charge in [0.05, 0.1) is 11.6 Å². The number of ketones is 3. The van der Waals surface area contributed by atoms with Gasteiger partial charge in [0, 0.05) is 23.1 Å². The molecule has 0 saturated heterocycles. The number of carbonyl (C=O) groups excluding carboxylic acids is 3. The fraction of sp³-hybridized carbons (Fsp3) is 0.360. The number of aliphatic hydroxyl groups excluding tert-OH is 2. The third-order valence-corrected chi connectivity index (χ3v) is 7.39. The molecular weight excluding hydrogens is 440 g/mol. The molecule has 0 spiro atoms.